The lowest BCUT2D eigenvalue weighted by atomic mass is 9.81. The molecule has 3 aromatic carbocycles. The number of hydrogen-bond donors (Lipinski definition) is 0. The maximum atomic E-state index is 13.0. The normalized spacial score (nSPS) is 18.0. The maximum absolute atomic E-state index is 13.0. The highest BCUT2D eigenvalue weighted by Gasteiger charge is 2.49. The van der Waals surface area contributed by atoms with E-state index >= 15 is 0 Å². The fourth-order valence-electron chi connectivity index (χ4n) is 5.13. The number of ether oxygens (including phenoxy) is 2. The molecule has 0 spiro atoms. The van der Waals surface area contributed by atoms with Gasteiger partial charge in [-0.25, -0.2) is 14.5 Å². The van der Waals surface area contributed by atoms with Crippen LogP contribution >= 0.6 is 0 Å². The Labute approximate surface area is 233 Å². The quantitative estimate of drug-likeness (QED) is 0.0973. The number of nitrogens with zero attached hydrogens (tertiary/aromatic N) is 2. The van der Waals surface area contributed by atoms with Crippen molar-refractivity contribution in [2.24, 2.45) is 11.8 Å². The van der Waals surface area contributed by atoms with E-state index in [9.17, 15) is 34.1 Å². The molecule has 1 aliphatic heterocycles. The van der Waals surface area contributed by atoms with Crippen LogP contribution in [0.3, 0.4) is 0 Å². The van der Waals surface area contributed by atoms with E-state index in [2.05, 4.69) is 0 Å². The average molecular weight is 557 g/mol. The van der Waals surface area contributed by atoms with Gasteiger partial charge in [0.15, 0.2) is 12.4 Å². The first-order chi connectivity index (χ1) is 19.7. The fourth-order valence-corrected chi connectivity index (χ4v) is 5.13. The lowest BCUT2D eigenvalue weighted by Gasteiger charge is -2.19. The van der Waals surface area contributed by atoms with Crippen molar-refractivity contribution in [2.75, 3.05) is 11.5 Å². The number of benzene rings is 3. The van der Waals surface area contributed by atoms with Crippen molar-refractivity contribution >= 4 is 40.9 Å². The number of carbonyl (C=O) groups is 5. The molecule has 0 aromatic heterocycles. The molecule has 5 rings (SSSR count). The largest absolute Gasteiger partial charge is 0.454 e. The Morgan fingerprint density at radius 1 is 0.805 bits per heavy atom. The van der Waals surface area contributed by atoms with E-state index in [0.29, 0.717) is 12.8 Å². The van der Waals surface area contributed by atoms with E-state index in [-0.39, 0.29) is 57.5 Å². The number of anilines is 1. The summed E-state index contributed by atoms with van der Waals surface area (Å²) in [5.41, 5.74) is 0.293. The Morgan fingerprint density at radius 2 is 1.39 bits per heavy atom. The van der Waals surface area contributed by atoms with Gasteiger partial charge in [-0.05, 0) is 61.4 Å². The molecule has 2 unspecified atom stereocenters. The summed E-state index contributed by atoms with van der Waals surface area (Å²) in [6.07, 6.45) is 3.04. The van der Waals surface area contributed by atoms with E-state index < -0.39 is 29.3 Å². The Hall–Kier alpha value is -5.19. The van der Waals surface area contributed by atoms with Crippen molar-refractivity contribution < 1.29 is 38.4 Å². The number of nitro benzene ring substituents is 1. The molecule has 2 fully saturated rings. The second-order valence-electron chi connectivity index (χ2n) is 9.74. The SMILES string of the molecule is O=C(COC(=O)c1ccccc1N1C(=O)C2CCCCC2C1=O)c1ccc(OC(=O)c2ccc([N+](=O)[O-])cc2)cc1. The van der Waals surface area contributed by atoms with E-state index in [1.807, 2.05) is 0 Å². The van der Waals surface area contributed by atoms with Crippen molar-refractivity contribution in [3.63, 3.8) is 0 Å². The van der Waals surface area contributed by atoms with Gasteiger partial charge in [-0.2, -0.15) is 0 Å². The summed E-state index contributed by atoms with van der Waals surface area (Å²) in [5.74, 6) is -3.36. The number of rotatable bonds is 8. The zero-order valence-corrected chi connectivity index (χ0v) is 21.7. The van der Waals surface area contributed by atoms with Gasteiger partial charge in [0, 0.05) is 17.7 Å². The van der Waals surface area contributed by atoms with Crippen LogP contribution in [-0.2, 0) is 14.3 Å². The number of para-hydroxylation sites is 1. The number of amides is 2. The number of fused-ring (bicyclic) bond motifs is 1. The van der Waals surface area contributed by atoms with Crippen LogP contribution in [0.25, 0.3) is 0 Å². The number of non-ortho nitro benzene ring substituents is 1. The molecule has 208 valence electrons. The Kier molecular flexibility index (Phi) is 7.68. The molecule has 1 saturated heterocycles. The molecule has 3 aromatic rings. The summed E-state index contributed by atoms with van der Waals surface area (Å²) in [5, 5.41) is 10.8. The average Bonchev–Trinajstić information content (AvgIpc) is 3.25. The number of ketones is 1. The van der Waals surface area contributed by atoms with Crippen molar-refractivity contribution in [1.29, 1.82) is 0 Å². The Bertz CT molecular complexity index is 1520. The summed E-state index contributed by atoms with van der Waals surface area (Å²) in [4.78, 5) is 75.2. The van der Waals surface area contributed by atoms with Crippen molar-refractivity contribution in [3.8, 4) is 5.75 Å². The first-order valence-electron chi connectivity index (χ1n) is 13.0. The van der Waals surface area contributed by atoms with Crippen LogP contribution in [0, 0.1) is 22.0 Å². The minimum absolute atomic E-state index is 0.00847. The van der Waals surface area contributed by atoms with Crippen molar-refractivity contribution in [3.05, 3.63) is 99.6 Å². The van der Waals surface area contributed by atoms with Gasteiger partial charge in [-0.3, -0.25) is 24.5 Å². The predicted octanol–water partition coefficient (Wildman–Crippen LogP) is 4.53. The Balaban J connectivity index is 1.21. The number of imide groups is 1. The smallest absolute Gasteiger partial charge is 0.343 e. The molecule has 2 atom stereocenters. The molecular formula is C30H24N2O9. The molecule has 11 heteroatoms. The van der Waals surface area contributed by atoms with Gasteiger partial charge in [0.2, 0.25) is 11.8 Å². The summed E-state index contributed by atoms with van der Waals surface area (Å²) in [7, 11) is 0. The van der Waals surface area contributed by atoms with E-state index in [4.69, 9.17) is 9.47 Å². The zero-order valence-electron chi connectivity index (χ0n) is 21.7. The highest BCUT2D eigenvalue weighted by molar-refractivity contribution is 6.24. The standard InChI is InChI=1S/C30H24N2O9/c33-26(18-11-15-21(16-12-18)41-29(36)19-9-13-20(14-10-19)32(38)39)17-40-30(37)24-7-3-4-8-25(24)31-27(34)22-5-1-2-6-23(22)28(31)35/h3-4,7-16,22-23H,1-2,5-6,17H2. The summed E-state index contributed by atoms with van der Waals surface area (Å²) >= 11 is 0. The molecule has 1 saturated carbocycles. The van der Waals surface area contributed by atoms with Crippen molar-refractivity contribution in [1.82, 2.24) is 0 Å². The molecule has 2 aliphatic rings. The topological polar surface area (TPSA) is 150 Å². The number of Topliss-reactive ketones (excluding diaryl/α,β-unsaturated/α-hetero) is 1. The molecule has 0 N–H and O–H groups in total. The number of hydrogen-bond acceptors (Lipinski definition) is 9. The second kappa shape index (κ2) is 11.5. The zero-order chi connectivity index (χ0) is 29.1. The van der Waals surface area contributed by atoms with Crippen LogP contribution < -0.4 is 9.64 Å². The van der Waals surface area contributed by atoms with Gasteiger partial charge in [0.05, 0.1) is 33.6 Å². The molecule has 1 aliphatic carbocycles. The van der Waals surface area contributed by atoms with Crippen LogP contribution in [0.15, 0.2) is 72.8 Å². The lowest BCUT2D eigenvalue weighted by molar-refractivity contribution is -0.384. The van der Waals surface area contributed by atoms with Gasteiger partial charge in [-0.15, -0.1) is 0 Å². The van der Waals surface area contributed by atoms with Gasteiger partial charge in [-0.1, -0.05) is 25.0 Å². The molecule has 41 heavy (non-hydrogen) atoms. The molecule has 0 radical (unpaired) electrons. The second-order valence-corrected chi connectivity index (χ2v) is 9.74. The van der Waals surface area contributed by atoms with Gasteiger partial charge >= 0.3 is 11.9 Å². The van der Waals surface area contributed by atoms with Crippen molar-refractivity contribution in [2.45, 2.75) is 25.7 Å². The number of esters is 2. The van der Waals surface area contributed by atoms with Gasteiger partial charge in [0.25, 0.3) is 5.69 Å². The van der Waals surface area contributed by atoms with E-state index in [1.54, 1.807) is 12.1 Å². The molecule has 0 bridgehead atoms. The fraction of sp³-hybridized carbons (Fsp3) is 0.233. The van der Waals surface area contributed by atoms with Crippen LogP contribution in [0.4, 0.5) is 11.4 Å². The molecule has 11 nitrogen and oxygen atoms in total. The third-order valence-corrected chi connectivity index (χ3v) is 7.24. The predicted molar refractivity (Wildman–Crippen MR) is 143 cm³/mol. The Morgan fingerprint density at radius 3 is 2.00 bits per heavy atom. The monoisotopic (exact) mass is 556 g/mol. The molecule has 2 amide bonds. The highest BCUT2D eigenvalue weighted by atomic mass is 16.6. The van der Waals surface area contributed by atoms with Crippen LogP contribution in [0.5, 0.6) is 5.75 Å². The van der Waals surface area contributed by atoms with E-state index in [1.165, 1.54) is 60.7 Å². The van der Waals surface area contributed by atoms with Crippen LogP contribution in [0.2, 0.25) is 0 Å². The van der Waals surface area contributed by atoms with Crippen LogP contribution in [-0.4, -0.2) is 41.1 Å². The first-order valence-corrected chi connectivity index (χ1v) is 13.0. The minimum Gasteiger partial charge on any atom is -0.454 e. The van der Waals surface area contributed by atoms with Gasteiger partial charge < -0.3 is 9.47 Å². The minimum atomic E-state index is -0.849. The first kappa shape index (κ1) is 27.4. The number of nitro groups is 1. The molecular weight excluding hydrogens is 532 g/mol. The summed E-state index contributed by atoms with van der Waals surface area (Å²) < 4.78 is 10.5. The van der Waals surface area contributed by atoms with Crippen LogP contribution in [0.1, 0.15) is 56.8 Å². The summed E-state index contributed by atoms with van der Waals surface area (Å²) in [6, 6.07) is 16.6. The number of carbonyl (C=O) groups excluding carboxylic acids is 5. The third-order valence-electron chi connectivity index (χ3n) is 7.24. The molecule has 1 heterocycles. The maximum Gasteiger partial charge on any atom is 0.343 e. The lowest BCUT2D eigenvalue weighted by Crippen LogP contribution is -2.32. The summed E-state index contributed by atoms with van der Waals surface area (Å²) in [6.45, 7) is -0.595. The van der Waals surface area contributed by atoms with Gasteiger partial charge in [0.1, 0.15) is 5.75 Å². The third kappa shape index (κ3) is 5.60. The highest BCUT2D eigenvalue weighted by Crippen LogP contribution is 2.41. The van der Waals surface area contributed by atoms with E-state index in [0.717, 1.165) is 17.7 Å².